The van der Waals surface area contributed by atoms with E-state index in [9.17, 15) is 4.79 Å². The molecule has 1 aromatic heterocycles. The van der Waals surface area contributed by atoms with Gasteiger partial charge in [0.15, 0.2) is 0 Å². The van der Waals surface area contributed by atoms with E-state index in [0.717, 1.165) is 6.54 Å². The van der Waals surface area contributed by atoms with Gasteiger partial charge in [0, 0.05) is 18.8 Å². The first-order chi connectivity index (χ1) is 7.83. The third-order valence-corrected chi connectivity index (χ3v) is 3.09. The molecule has 2 N–H and O–H groups in total. The number of nitrogens with zero attached hydrogens (tertiary/aromatic N) is 1. The van der Waals surface area contributed by atoms with Crippen molar-refractivity contribution < 1.29 is 4.79 Å². The molecule has 1 heterocycles. The Morgan fingerprint density at radius 2 is 2.18 bits per heavy atom. The van der Waals surface area contributed by atoms with Crippen LogP contribution in [0.3, 0.4) is 0 Å². The van der Waals surface area contributed by atoms with Crippen LogP contribution >= 0.6 is 0 Å². The van der Waals surface area contributed by atoms with Crippen molar-refractivity contribution in [3.8, 4) is 0 Å². The number of aromatic amines is 1. The van der Waals surface area contributed by atoms with Crippen LogP contribution in [0.2, 0.25) is 0 Å². The van der Waals surface area contributed by atoms with Gasteiger partial charge in [-0.1, -0.05) is 13.8 Å². The van der Waals surface area contributed by atoms with Gasteiger partial charge < -0.3 is 15.2 Å². The quantitative estimate of drug-likeness (QED) is 0.819. The summed E-state index contributed by atoms with van der Waals surface area (Å²) < 4.78 is 0. The molecule has 4 heteroatoms. The number of hydrogen-bond acceptors (Lipinski definition) is 2. The maximum atomic E-state index is 11.9. The Morgan fingerprint density at radius 3 is 2.65 bits per heavy atom. The van der Waals surface area contributed by atoms with Crippen molar-refractivity contribution in [2.24, 2.45) is 5.41 Å². The molecular formula is C13H23N3O. The molecule has 0 fully saturated rings. The third-order valence-electron chi connectivity index (χ3n) is 3.09. The van der Waals surface area contributed by atoms with E-state index in [4.69, 9.17) is 0 Å². The van der Waals surface area contributed by atoms with Crippen molar-refractivity contribution in [3.05, 3.63) is 24.0 Å². The van der Waals surface area contributed by atoms with Gasteiger partial charge in [-0.25, -0.2) is 0 Å². The summed E-state index contributed by atoms with van der Waals surface area (Å²) in [5, 5.41) is 3.03. The number of amides is 1. The van der Waals surface area contributed by atoms with Crippen molar-refractivity contribution in [1.82, 2.24) is 15.2 Å². The molecule has 0 saturated carbocycles. The van der Waals surface area contributed by atoms with Crippen LogP contribution in [0.25, 0.3) is 0 Å². The largest absolute Gasteiger partial charge is 0.357 e. The van der Waals surface area contributed by atoms with E-state index in [1.165, 1.54) is 0 Å². The van der Waals surface area contributed by atoms with E-state index in [1.54, 1.807) is 12.3 Å². The summed E-state index contributed by atoms with van der Waals surface area (Å²) >= 11 is 0. The van der Waals surface area contributed by atoms with E-state index in [1.807, 2.05) is 27.1 Å². The highest BCUT2D eigenvalue weighted by molar-refractivity contribution is 5.92. The average Bonchev–Trinajstić information content (AvgIpc) is 2.67. The SMILES string of the molecule is CC(NC(=O)c1ccc[nH]1)C(C)(C)CN(C)C. The number of rotatable bonds is 5. The first kappa shape index (κ1) is 13.8. The lowest BCUT2D eigenvalue weighted by atomic mass is 9.85. The fraction of sp³-hybridized carbons (Fsp3) is 0.615. The van der Waals surface area contributed by atoms with Gasteiger partial charge in [-0.05, 0) is 38.6 Å². The van der Waals surface area contributed by atoms with Crippen molar-refractivity contribution in [3.63, 3.8) is 0 Å². The summed E-state index contributed by atoms with van der Waals surface area (Å²) in [6, 6.07) is 3.71. The van der Waals surface area contributed by atoms with Crippen LogP contribution < -0.4 is 5.32 Å². The number of carbonyl (C=O) groups is 1. The number of H-pyrrole nitrogens is 1. The van der Waals surface area contributed by atoms with Gasteiger partial charge in [0.2, 0.25) is 0 Å². The summed E-state index contributed by atoms with van der Waals surface area (Å²) in [5.41, 5.74) is 0.642. The third kappa shape index (κ3) is 3.89. The standard InChI is InChI=1S/C13H23N3O/c1-10(13(2,3)9-16(4)5)15-12(17)11-7-6-8-14-11/h6-8,10,14H,9H2,1-5H3,(H,15,17). The normalized spacial score (nSPS) is 13.8. The Hall–Kier alpha value is -1.29. The maximum Gasteiger partial charge on any atom is 0.267 e. The Kier molecular flexibility index (Phi) is 4.34. The van der Waals surface area contributed by atoms with Crippen LogP contribution in [0.15, 0.2) is 18.3 Å². The second-order valence-corrected chi connectivity index (χ2v) is 5.51. The average molecular weight is 237 g/mol. The predicted octanol–water partition coefficient (Wildman–Crippen LogP) is 1.72. The van der Waals surface area contributed by atoms with Crippen LogP contribution in [0.1, 0.15) is 31.3 Å². The van der Waals surface area contributed by atoms with Crippen LogP contribution in [0.5, 0.6) is 0 Å². The lowest BCUT2D eigenvalue weighted by Gasteiger charge is -2.34. The summed E-state index contributed by atoms with van der Waals surface area (Å²) in [7, 11) is 4.09. The van der Waals surface area contributed by atoms with Crippen LogP contribution in [0, 0.1) is 5.41 Å². The smallest absolute Gasteiger partial charge is 0.267 e. The first-order valence-corrected chi connectivity index (χ1v) is 5.92. The second-order valence-electron chi connectivity index (χ2n) is 5.51. The molecule has 0 bridgehead atoms. The van der Waals surface area contributed by atoms with E-state index >= 15 is 0 Å². The summed E-state index contributed by atoms with van der Waals surface area (Å²) in [5.74, 6) is -0.0469. The summed E-state index contributed by atoms with van der Waals surface area (Å²) in [4.78, 5) is 16.9. The number of nitrogens with one attached hydrogen (secondary N) is 2. The van der Waals surface area contributed by atoms with Crippen LogP contribution in [0.4, 0.5) is 0 Å². The molecule has 0 spiro atoms. The zero-order valence-electron chi connectivity index (χ0n) is 11.4. The van der Waals surface area contributed by atoms with Gasteiger partial charge in [0.05, 0.1) is 0 Å². The lowest BCUT2D eigenvalue weighted by molar-refractivity contribution is 0.0881. The molecule has 4 nitrogen and oxygen atoms in total. The molecule has 1 unspecified atom stereocenters. The second kappa shape index (κ2) is 5.36. The molecule has 1 rings (SSSR count). The molecule has 1 aromatic rings. The predicted molar refractivity (Wildman–Crippen MR) is 70.1 cm³/mol. The Labute approximate surface area is 103 Å². The Bertz CT molecular complexity index is 355. The molecule has 0 aromatic carbocycles. The minimum Gasteiger partial charge on any atom is -0.357 e. The van der Waals surface area contributed by atoms with Crippen LogP contribution in [-0.2, 0) is 0 Å². The zero-order chi connectivity index (χ0) is 13.1. The Balaban J connectivity index is 2.59. The highest BCUT2D eigenvalue weighted by atomic mass is 16.1. The lowest BCUT2D eigenvalue weighted by Crippen LogP contribution is -2.47. The van der Waals surface area contributed by atoms with Crippen molar-refractivity contribution >= 4 is 5.91 Å². The number of carbonyl (C=O) groups excluding carboxylic acids is 1. The highest BCUT2D eigenvalue weighted by Crippen LogP contribution is 2.21. The summed E-state index contributed by atoms with van der Waals surface area (Å²) in [6.07, 6.45) is 1.75. The molecule has 0 aliphatic heterocycles. The first-order valence-electron chi connectivity index (χ1n) is 5.92. The molecule has 1 amide bonds. The molecular weight excluding hydrogens is 214 g/mol. The number of hydrogen-bond donors (Lipinski definition) is 2. The maximum absolute atomic E-state index is 11.9. The van der Waals surface area contributed by atoms with E-state index < -0.39 is 0 Å². The molecule has 0 saturated heterocycles. The van der Waals surface area contributed by atoms with Crippen molar-refractivity contribution in [2.45, 2.75) is 26.8 Å². The van der Waals surface area contributed by atoms with Crippen molar-refractivity contribution in [1.29, 1.82) is 0 Å². The number of aromatic nitrogens is 1. The molecule has 96 valence electrons. The minimum absolute atomic E-state index is 0.0335. The molecule has 17 heavy (non-hydrogen) atoms. The molecule has 0 aliphatic carbocycles. The fourth-order valence-corrected chi connectivity index (χ4v) is 1.89. The zero-order valence-corrected chi connectivity index (χ0v) is 11.4. The highest BCUT2D eigenvalue weighted by Gasteiger charge is 2.28. The summed E-state index contributed by atoms with van der Waals surface area (Å²) in [6.45, 7) is 7.29. The van der Waals surface area contributed by atoms with Gasteiger partial charge in [0.25, 0.3) is 5.91 Å². The van der Waals surface area contributed by atoms with Gasteiger partial charge >= 0.3 is 0 Å². The van der Waals surface area contributed by atoms with E-state index in [2.05, 4.69) is 29.0 Å². The van der Waals surface area contributed by atoms with Gasteiger partial charge in [0.1, 0.15) is 5.69 Å². The molecule has 0 radical (unpaired) electrons. The monoisotopic (exact) mass is 237 g/mol. The van der Waals surface area contributed by atoms with E-state index in [0.29, 0.717) is 5.69 Å². The van der Waals surface area contributed by atoms with Gasteiger partial charge in [-0.15, -0.1) is 0 Å². The molecule has 1 atom stereocenters. The minimum atomic E-state index is -0.0469. The van der Waals surface area contributed by atoms with E-state index in [-0.39, 0.29) is 17.4 Å². The van der Waals surface area contributed by atoms with Crippen molar-refractivity contribution in [2.75, 3.05) is 20.6 Å². The molecule has 0 aliphatic rings. The Morgan fingerprint density at radius 1 is 1.53 bits per heavy atom. The van der Waals surface area contributed by atoms with Crippen LogP contribution in [-0.4, -0.2) is 42.5 Å². The van der Waals surface area contributed by atoms with Gasteiger partial charge in [-0.2, -0.15) is 0 Å². The fourth-order valence-electron chi connectivity index (χ4n) is 1.89. The topological polar surface area (TPSA) is 48.1 Å². The van der Waals surface area contributed by atoms with Gasteiger partial charge in [-0.3, -0.25) is 4.79 Å².